The van der Waals surface area contributed by atoms with Crippen molar-refractivity contribution in [3.8, 4) is 0 Å². The fourth-order valence-electron chi connectivity index (χ4n) is 2.22. The molecule has 0 aliphatic carbocycles. The van der Waals surface area contributed by atoms with E-state index in [1.165, 1.54) is 18.3 Å². The molecule has 1 unspecified atom stereocenters. The molecule has 0 radical (unpaired) electrons. The lowest BCUT2D eigenvalue weighted by atomic mass is 10.2. The Morgan fingerprint density at radius 1 is 1.31 bits per heavy atom. The predicted molar refractivity (Wildman–Crippen MR) is 97.2 cm³/mol. The first kappa shape index (κ1) is 18.2. The van der Waals surface area contributed by atoms with Gasteiger partial charge in [-0.3, -0.25) is 4.79 Å². The normalized spacial score (nSPS) is 12.3. The fraction of sp³-hybridized carbons (Fsp3) is 0.294. The molecule has 136 valence electrons. The van der Waals surface area contributed by atoms with Gasteiger partial charge in [-0.25, -0.2) is 23.7 Å². The van der Waals surface area contributed by atoms with Gasteiger partial charge in [0.1, 0.15) is 5.52 Å². The van der Waals surface area contributed by atoms with Gasteiger partial charge in [-0.2, -0.15) is 0 Å². The van der Waals surface area contributed by atoms with Crippen LogP contribution in [0.3, 0.4) is 0 Å². The van der Waals surface area contributed by atoms with Crippen LogP contribution in [-0.2, 0) is 5.75 Å². The van der Waals surface area contributed by atoms with E-state index in [2.05, 4.69) is 25.3 Å². The monoisotopic (exact) mass is 377 g/mol. The fourth-order valence-corrected chi connectivity index (χ4v) is 3.04. The first-order chi connectivity index (χ1) is 12.5. The number of halogens is 2. The van der Waals surface area contributed by atoms with Gasteiger partial charge >= 0.3 is 0 Å². The van der Waals surface area contributed by atoms with Crippen LogP contribution in [0.1, 0.15) is 25.8 Å². The van der Waals surface area contributed by atoms with Gasteiger partial charge in [0.15, 0.2) is 28.3 Å². The maximum Gasteiger partial charge on any atom is 0.268 e. The number of aromatic amines is 1. The topological polar surface area (TPSA) is 83.6 Å². The minimum absolute atomic E-state index is 0.139. The Balaban J connectivity index is 1.94. The molecule has 0 aliphatic heterocycles. The molecule has 2 N–H and O–H groups in total. The quantitative estimate of drug-likeness (QED) is 0.505. The Morgan fingerprint density at radius 3 is 2.88 bits per heavy atom. The Bertz CT molecular complexity index is 995. The van der Waals surface area contributed by atoms with Gasteiger partial charge in [-0.1, -0.05) is 30.8 Å². The van der Waals surface area contributed by atoms with Crippen LogP contribution >= 0.6 is 11.8 Å². The zero-order valence-corrected chi connectivity index (χ0v) is 15.0. The summed E-state index contributed by atoms with van der Waals surface area (Å²) in [4.78, 5) is 27.0. The molecule has 0 saturated heterocycles. The van der Waals surface area contributed by atoms with Crippen LogP contribution in [0.5, 0.6) is 0 Å². The molecule has 9 heteroatoms. The van der Waals surface area contributed by atoms with Crippen molar-refractivity contribution in [1.29, 1.82) is 0 Å². The third kappa shape index (κ3) is 3.98. The standard InChI is InChI=1S/C17H17F2N5OS/c1-3-9(2)21-15-14-16(22-12(25)7-20-14)24-17(23-15)26-8-10-5-4-6-11(18)13(10)19/h4-7,9H,3,8H2,1-2H3,(H2,21,22,23,24,25). The maximum atomic E-state index is 13.8. The van der Waals surface area contributed by atoms with Gasteiger partial charge in [0.25, 0.3) is 5.56 Å². The third-order valence-corrected chi connectivity index (χ3v) is 4.70. The lowest BCUT2D eigenvalue weighted by Crippen LogP contribution is -2.17. The highest BCUT2D eigenvalue weighted by Crippen LogP contribution is 2.26. The summed E-state index contributed by atoms with van der Waals surface area (Å²) in [6.07, 6.45) is 2.04. The second kappa shape index (κ2) is 7.77. The van der Waals surface area contributed by atoms with Crippen molar-refractivity contribution in [2.75, 3.05) is 5.32 Å². The number of hydrogen-bond donors (Lipinski definition) is 2. The summed E-state index contributed by atoms with van der Waals surface area (Å²) in [5.74, 6) is -1.13. The molecule has 6 nitrogen and oxygen atoms in total. The average molecular weight is 377 g/mol. The molecule has 0 aliphatic rings. The summed E-state index contributed by atoms with van der Waals surface area (Å²) in [7, 11) is 0. The van der Waals surface area contributed by atoms with E-state index in [0.717, 1.165) is 24.2 Å². The minimum Gasteiger partial charge on any atom is -0.366 e. The van der Waals surface area contributed by atoms with Gasteiger partial charge < -0.3 is 10.3 Å². The molecule has 2 aromatic heterocycles. The number of nitrogens with zero attached hydrogens (tertiary/aromatic N) is 3. The third-order valence-electron chi connectivity index (χ3n) is 3.80. The minimum atomic E-state index is -0.893. The molecule has 2 heterocycles. The number of benzene rings is 1. The van der Waals surface area contributed by atoms with Crippen molar-refractivity contribution in [3.63, 3.8) is 0 Å². The van der Waals surface area contributed by atoms with E-state index >= 15 is 0 Å². The van der Waals surface area contributed by atoms with Crippen molar-refractivity contribution < 1.29 is 8.78 Å². The van der Waals surface area contributed by atoms with Crippen LogP contribution in [-0.4, -0.2) is 26.0 Å². The molecule has 3 aromatic rings. The van der Waals surface area contributed by atoms with E-state index in [0.29, 0.717) is 22.1 Å². The molecule has 3 rings (SSSR count). The van der Waals surface area contributed by atoms with Crippen LogP contribution < -0.4 is 10.9 Å². The van der Waals surface area contributed by atoms with Crippen LogP contribution in [0, 0.1) is 11.6 Å². The highest BCUT2D eigenvalue weighted by atomic mass is 32.2. The summed E-state index contributed by atoms with van der Waals surface area (Å²) < 4.78 is 27.1. The molecule has 0 fully saturated rings. The van der Waals surface area contributed by atoms with E-state index in [4.69, 9.17) is 0 Å². The van der Waals surface area contributed by atoms with Crippen LogP contribution in [0.25, 0.3) is 11.2 Å². The number of H-pyrrole nitrogens is 1. The molecular weight excluding hydrogens is 360 g/mol. The van der Waals surface area contributed by atoms with Crippen LogP contribution in [0.15, 0.2) is 34.3 Å². The van der Waals surface area contributed by atoms with Crippen molar-refractivity contribution in [2.24, 2.45) is 0 Å². The molecule has 0 bridgehead atoms. The van der Waals surface area contributed by atoms with E-state index in [9.17, 15) is 13.6 Å². The molecule has 0 saturated carbocycles. The van der Waals surface area contributed by atoms with Crippen LogP contribution in [0.4, 0.5) is 14.6 Å². The second-order valence-electron chi connectivity index (χ2n) is 5.75. The van der Waals surface area contributed by atoms with Gasteiger partial charge in [0, 0.05) is 17.4 Å². The summed E-state index contributed by atoms with van der Waals surface area (Å²) in [6, 6.07) is 4.17. The Morgan fingerprint density at radius 2 is 2.12 bits per heavy atom. The molecule has 0 amide bonds. The maximum absolute atomic E-state index is 13.8. The smallest absolute Gasteiger partial charge is 0.268 e. The number of rotatable bonds is 6. The van der Waals surface area contributed by atoms with Gasteiger partial charge in [0.05, 0.1) is 6.20 Å². The Hall–Kier alpha value is -2.55. The zero-order chi connectivity index (χ0) is 18.7. The lowest BCUT2D eigenvalue weighted by Gasteiger charge is -2.14. The highest BCUT2D eigenvalue weighted by Gasteiger charge is 2.14. The number of nitrogens with one attached hydrogen (secondary N) is 2. The van der Waals surface area contributed by atoms with Gasteiger partial charge in [0.2, 0.25) is 0 Å². The predicted octanol–water partition coefficient (Wildman–Crippen LogP) is 3.49. The molecule has 0 spiro atoms. The molecule has 1 atom stereocenters. The van der Waals surface area contributed by atoms with E-state index in [-0.39, 0.29) is 22.9 Å². The zero-order valence-electron chi connectivity index (χ0n) is 14.2. The average Bonchev–Trinajstić information content (AvgIpc) is 2.62. The number of anilines is 1. The lowest BCUT2D eigenvalue weighted by molar-refractivity contribution is 0.502. The van der Waals surface area contributed by atoms with Crippen molar-refractivity contribution >= 4 is 28.7 Å². The van der Waals surface area contributed by atoms with Crippen molar-refractivity contribution in [1.82, 2.24) is 19.9 Å². The van der Waals surface area contributed by atoms with Gasteiger partial charge in [-0.15, -0.1) is 0 Å². The summed E-state index contributed by atoms with van der Waals surface area (Å²) in [5, 5.41) is 3.56. The number of aromatic nitrogens is 4. The molecule has 26 heavy (non-hydrogen) atoms. The van der Waals surface area contributed by atoms with E-state index in [1.807, 2.05) is 13.8 Å². The van der Waals surface area contributed by atoms with Gasteiger partial charge in [-0.05, 0) is 19.4 Å². The summed E-state index contributed by atoms with van der Waals surface area (Å²) in [5.41, 5.74) is 0.583. The molecule has 1 aromatic carbocycles. The Labute approximate surface area is 152 Å². The van der Waals surface area contributed by atoms with E-state index in [1.54, 1.807) is 0 Å². The first-order valence-electron chi connectivity index (χ1n) is 8.07. The van der Waals surface area contributed by atoms with E-state index < -0.39 is 11.6 Å². The number of fused-ring (bicyclic) bond motifs is 1. The van der Waals surface area contributed by atoms with Crippen molar-refractivity contribution in [2.45, 2.75) is 37.2 Å². The second-order valence-corrected chi connectivity index (χ2v) is 6.70. The largest absolute Gasteiger partial charge is 0.366 e. The number of hydrogen-bond acceptors (Lipinski definition) is 6. The highest BCUT2D eigenvalue weighted by molar-refractivity contribution is 7.98. The SMILES string of the molecule is CCC(C)Nc1nc(SCc2cccc(F)c2F)nc2[nH]c(=O)cnc12. The number of thioether (sulfide) groups is 1. The van der Waals surface area contributed by atoms with Crippen molar-refractivity contribution in [3.05, 3.63) is 51.9 Å². The first-order valence-corrected chi connectivity index (χ1v) is 9.05. The Kier molecular flexibility index (Phi) is 5.46. The summed E-state index contributed by atoms with van der Waals surface area (Å²) >= 11 is 1.15. The molecular formula is C17H17F2N5OS. The van der Waals surface area contributed by atoms with Crippen LogP contribution in [0.2, 0.25) is 0 Å². The summed E-state index contributed by atoms with van der Waals surface area (Å²) in [6.45, 7) is 4.02.